The third-order valence-corrected chi connectivity index (χ3v) is 5.11. The smallest absolute Gasteiger partial charge is 0.319 e. The number of hydrogen-bond acceptors (Lipinski definition) is 3. The minimum absolute atomic E-state index is 0.150. The maximum absolute atomic E-state index is 12.1. The summed E-state index contributed by atoms with van der Waals surface area (Å²) in [6.07, 6.45) is 0. The lowest BCUT2D eigenvalue weighted by molar-refractivity contribution is 0.103. The van der Waals surface area contributed by atoms with E-state index in [2.05, 4.69) is 16.0 Å². The van der Waals surface area contributed by atoms with E-state index in [4.69, 9.17) is 11.6 Å². The lowest BCUT2D eigenvalue weighted by atomic mass is 10.1. The minimum Gasteiger partial charge on any atom is -0.334 e. The Bertz CT molecular complexity index is 958. The van der Waals surface area contributed by atoms with E-state index in [0.29, 0.717) is 27.8 Å². The number of benzene rings is 2. The number of amides is 3. The monoisotopic (exact) mass is 399 g/mol. The molecule has 0 saturated carbocycles. The first-order valence-corrected chi connectivity index (χ1v) is 9.52. The van der Waals surface area contributed by atoms with Gasteiger partial charge in [-0.15, -0.1) is 11.3 Å². The summed E-state index contributed by atoms with van der Waals surface area (Å²) in [4.78, 5) is 24.9. The Kier molecular flexibility index (Phi) is 6.11. The molecular formula is C20H18ClN3O2S. The van der Waals surface area contributed by atoms with Crippen LogP contribution in [0.15, 0.2) is 60.0 Å². The predicted molar refractivity (Wildman–Crippen MR) is 111 cm³/mol. The summed E-state index contributed by atoms with van der Waals surface area (Å²) in [5, 5.41) is 10.9. The first-order valence-electron chi connectivity index (χ1n) is 8.26. The molecule has 0 unspecified atom stereocenters. The maximum atomic E-state index is 12.1. The van der Waals surface area contributed by atoms with E-state index < -0.39 is 0 Å². The van der Waals surface area contributed by atoms with Crippen molar-refractivity contribution in [3.05, 3.63) is 81.0 Å². The van der Waals surface area contributed by atoms with Crippen molar-refractivity contribution in [2.45, 2.75) is 13.5 Å². The average Bonchev–Trinajstić information content (AvgIpc) is 3.18. The maximum Gasteiger partial charge on any atom is 0.319 e. The first-order chi connectivity index (χ1) is 13.0. The summed E-state index contributed by atoms with van der Waals surface area (Å²) < 4.78 is 0. The van der Waals surface area contributed by atoms with Crippen molar-refractivity contribution >= 4 is 46.3 Å². The summed E-state index contributed by atoms with van der Waals surface area (Å²) in [5.41, 5.74) is 3.03. The van der Waals surface area contributed by atoms with Crippen LogP contribution in [-0.2, 0) is 6.54 Å². The fourth-order valence-corrected chi connectivity index (χ4v) is 3.29. The molecule has 3 aromatic rings. The van der Waals surface area contributed by atoms with Crippen LogP contribution in [0.3, 0.4) is 0 Å². The average molecular weight is 400 g/mol. The number of hydrogen-bond donors (Lipinski definition) is 3. The lowest BCUT2D eigenvalue weighted by Gasteiger charge is -2.12. The summed E-state index contributed by atoms with van der Waals surface area (Å²) in [6.45, 7) is 2.20. The molecule has 3 N–H and O–H groups in total. The zero-order valence-electron chi connectivity index (χ0n) is 14.6. The predicted octanol–water partition coefficient (Wildman–Crippen LogP) is 5.28. The number of carbonyl (C=O) groups excluding carboxylic acids is 2. The third-order valence-electron chi connectivity index (χ3n) is 3.87. The highest BCUT2D eigenvalue weighted by Gasteiger charge is 2.09. The summed E-state index contributed by atoms with van der Waals surface area (Å²) in [6, 6.07) is 16.0. The molecule has 138 valence electrons. The molecule has 0 aliphatic rings. The highest BCUT2D eigenvalue weighted by Crippen LogP contribution is 2.21. The standard InChI is InChI=1S/C20H18ClN3O2S/c1-13-11-15(23-19(25)18-7-4-10-27-18)8-9-17(13)24-20(26)22-12-14-5-2-3-6-16(14)21/h2-11H,12H2,1H3,(H,23,25)(H2,22,24,26). The topological polar surface area (TPSA) is 70.2 Å². The van der Waals surface area contributed by atoms with Gasteiger partial charge in [-0.05, 0) is 53.8 Å². The van der Waals surface area contributed by atoms with E-state index in [9.17, 15) is 9.59 Å². The van der Waals surface area contributed by atoms with Crippen LogP contribution in [0.5, 0.6) is 0 Å². The number of thiophene rings is 1. The van der Waals surface area contributed by atoms with Crippen LogP contribution in [0.2, 0.25) is 5.02 Å². The van der Waals surface area contributed by atoms with Crippen molar-refractivity contribution < 1.29 is 9.59 Å². The van der Waals surface area contributed by atoms with Crippen molar-refractivity contribution in [3.8, 4) is 0 Å². The second-order valence-corrected chi connectivity index (χ2v) is 7.22. The number of carbonyl (C=O) groups is 2. The van der Waals surface area contributed by atoms with Gasteiger partial charge in [0.05, 0.1) is 4.88 Å². The molecule has 3 rings (SSSR count). The molecule has 0 spiro atoms. The van der Waals surface area contributed by atoms with E-state index in [0.717, 1.165) is 11.1 Å². The Morgan fingerprint density at radius 3 is 2.56 bits per heavy atom. The summed E-state index contributed by atoms with van der Waals surface area (Å²) in [5.74, 6) is -0.150. The molecule has 0 atom stereocenters. The number of anilines is 2. The van der Waals surface area contributed by atoms with Crippen molar-refractivity contribution in [2.75, 3.05) is 10.6 Å². The van der Waals surface area contributed by atoms with E-state index in [1.165, 1.54) is 11.3 Å². The van der Waals surface area contributed by atoms with Gasteiger partial charge in [0.1, 0.15) is 0 Å². The molecule has 0 saturated heterocycles. The molecule has 7 heteroatoms. The van der Waals surface area contributed by atoms with Gasteiger partial charge in [-0.3, -0.25) is 4.79 Å². The van der Waals surface area contributed by atoms with E-state index in [-0.39, 0.29) is 11.9 Å². The zero-order valence-corrected chi connectivity index (χ0v) is 16.2. The van der Waals surface area contributed by atoms with Gasteiger partial charge in [0, 0.05) is 22.9 Å². The van der Waals surface area contributed by atoms with Crippen LogP contribution in [0.1, 0.15) is 20.8 Å². The molecule has 3 amide bonds. The summed E-state index contributed by atoms with van der Waals surface area (Å²) >= 11 is 7.47. The molecule has 27 heavy (non-hydrogen) atoms. The number of nitrogens with one attached hydrogen (secondary N) is 3. The third kappa shape index (κ3) is 5.09. The van der Waals surface area contributed by atoms with Crippen LogP contribution >= 0.6 is 22.9 Å². The number of aryl methyl sites for hydroxylation is 1. The van der Waals surface area contributed by atoms with Gasteiger partial charge in [0.2, 0.25) is 0 Å². The molecule has 0 aliphatic carbocycles. The van der Waals surface area contributed by atoms with Gasteiger partial charge in [-0.25, -0.2) is 4.79 Å². The molecule has 0 bridgehead atoms. The quantitative estimate of drug-likeness (QED) is 0.546. The van der Waals surface area contributed by atoms with Crippen molar-refractivity contribution in [3.63, 3.8) is 0 Å². The molecule has 1 heterocycles. The van der Waals surface area contributed by atoms with Crippen LogP contribution in [-0.4, -0.2) is 11.9 Å². The molecular weight excluding hydrogens is 382 g/mol. The Balaban J connectivity index is 1.58. The second kappa shape index (κ2) is 8.70. The molecule has 2 aromatic carbocycles. The van der Waals surface area contributed by atoms with E-state index >= 15 is 0 Å². The van der Waals surface area contributed by atoms with Crippen LogP contribution in [0, 0.1) is 6.92 Å². The van der Waals surface area contributed by atoms with Gasteiger partial charge in [0.25, 0.3) is 5.91 Å². The Morgan fingerprint density at radius 1 is 1.04 bits per heavy atom. The second-order valence-electron chi connectivity index (χ2n) is 5.86. The Hall–Kier alpha value is -2.83. The van der Waals surface area contributed by atoms with Crippen molar-refractivity contribution in [2.24, 2.45) is 0 Å². The van der Waals surface area contributed by atoms with Gasteiger partial charge in [0.15, 0.2) is 0 Å². The number of urea groups is 1. The fourth-order valence-electron chi connectivity index (χ4n) is 2.47. The molecule has 0 fully saturated rings. The zero-order chi connectivity index (χ0) is 19.2. The van der Waals surface area contributed by atoms with Crippen molar-refractivity contribution in [1.82, 2.24) is 5.32 Å². The lowest BCUT2D eigenvalue weighted by Crippen LogP contribution is -2.28. The first kappa shape index (κ1) is 18.9. The van der Waals surface area contributed by atoms with Crippen LogP contribution in [0.25, 0.3) is 0 Å². The minimum atomic E-state index is -0.326. The van der Waals surface area contributed by atoms with E-state index in [1.54, 1.807) is 24.3 Å². The molecule has 1 aromatic heterocycles. The Labute approximate surface area is 166 Å². The van der Waals surface area contributed by atoms with E-state index in [1.807, 2.05) is 42.6 Å². The molecule has 5 nitrogen and oxygen atoms in total. The normalized spacial score (nSPS) is 10.3. The SMILES string of the molecule is Cc1cc(NC(=O)c2cccs2)ccc1NC(=O)NCc1ccccc1Cl. The van der Waals surface area contributed by atoms with Gasteiger partial charge < -0.3 is 16.0 Å². The van der Waals surface area contributed by atoms with Gasteiger partial charge in [-0.2, -0.15) is 0 Å². The van der Waals surface area contributed by atoms with Gasteiger partial charge in [-0.1, -0.05) is 35.9 Å². The largest absolute Gasteiger partial charge is 0.334 e. The highest BCUT2D eigenvalue weighted by atomic mass is 35.5. The highest BCUT2D eigenvalue weighted by molar-refractivity contribution is 7.12. The van der Waals surface area contributed by atoms with Crippen LogP contribution in [0.4, 0.5) is 16.2 Å². The Morgan fingerprint density at radius 2 is 1.85 bits per heavy atom. The molecule has 0 radical (unpaired) electrons. The van der Waals surface area contributed by atoms with Crippen LogP contribution < -0.4 is 16.0 Å². The van der Waals surface area contributed by atoms with Crippen molar-refractivity contribution in [1.29, 1.82) is 0 Å². The number of halogens is 1. The number of rotatable bonds is 5. The summed E-state index contributed by atoms with van der Waals surface area (Å²) in [7, 11) is 0. The fraction of sp³-hybridized carbons (Fsp3) is 0.100. The van der Waals surface area contributed by atoms with Gasteiger partial charge >= 0.3 is 6.03 Å². The molecule has 0 aliphatic heterocycles.